The molecule has 1 atom stereocenters. The van der Waals surface area contributed by atoms with Crippen molar-refractivity contribution < 1.29 is 14.4 Å². The van der Waals surface area contributed by atoms with Crippen LogP contribution >= 0.6 is 11.8 Å². The quantitative estimate of drug-likeness (QED) is 0.709. The van der Waals surface area contributed by atoms with Gasteiger partial charge in [0.1, 0.15) is 5.75 Å². The molecule has 2 heterocycles. The highest BCUT2D eigenvalue weighted by Crippen LogP contribution is 2.25. The first kappa shape index (κ1) is 18.7. The summed E-state index contributed by atoms with van der Waals surface area (Å²) in [5.74, 6) is 0.919. The van der Waals surface area contributed by atoms with E-state index < -0.39 is 0 Å². The van der Waals surface area contributed by atoms with Gasteiger partial charge in [-0.3, -0.25) is 4.79 Å². The molecule has 26 heavy (non-hydrogen) atoms. The molecule has 1 aromatic carbocycles. The number of rotatable bonds is 6. The van der Waals surface area contributed by atoms with E-state index in [1.54, 1.807) is 16.7 Å². The van der Waals surface area contributed by atoms with Crippen molar-refractivity contribution in [1.29, 1.82) is 0 Å². The number of tetrazole rings is 1. The first-order chi connectivity index (χ1) is 12.6. The van der Waals surface area contributed by atoms with Crippen LogP contribution in [0.15, 0.2) is 29.4 Å². The smallest absolute Gasteiger partial charge is 0.236 e. The summed E-state index contributed by atoms with van der Waals surface area (Å²) in [7, 11) is 1.63. The normalized spacial score (nSPS) is 16.5. The number of thioether (sulfide) groups is 1. The molecule has 2 aromatic rings. The Morgan fingerprint density at radius 2 is 2.00 bits per heavy atom. The zero-order chi connectivity index (χ0) is 18.5. The van der Waals surface area contributed by atoms with Crippen LogP contribution in [0.4, 0.5) is 0 Å². The number of nitrogens with zero attached hydrogens (tertiary/aromatic N) is 5. The van der Waals surface area contributed by atoms with Crippen LogP contribution in [0.3, 0.4) is 0 Å². The van der Waals surface area contributed by atoms with E-state index in [1.165, 1.54) is 11.8 Å². The van der Waals surface area contributed by atoms with Gasteiger partial charge in [-0.2, -0.15) is 4.68 Å². The lowest BCUT2D eigenvalue weighted by atomic mass is 10.3. The van der Waals surface area contributed by atoms with E-state index in [1.807, 2.05) is 36.1 Å². The number of hydrogen-bond donors (Lipinski definition) is 1. The van der Waals surface area contributed by atoms with Gasteiger partial charge in [0.15, 0.2) is 0 Å². The number of nitrogens with one attached hydrogen (secondary N) is 1. The fourth-order valence-electron chi connectivity index (χ4n) is 3.00. The second-order valence-electron chi connectivity index (χ2n) is 6.26. The fourth-order valence-corrected chi connectivity index (χ4v) is 3.89. The maximum absolute atomic E-state index is 12.8. The number of carbonyl (C=O) groups excluding carboxylic acids is 1. The van der Waals surface area contributed by atoms with Gasteiger partial charge in [0.2, 0.25) is 11.1 Å². The highest BCUT2D eigenvalue weighted by molar-refractivity contribution is 8.00. The number of piperazine rings is 1. The highest BCUT2D eigenvalue weighted by Gasteiger charge is 2.28. The van der Waals surface area contributed by atoms with Gasteiger partial charge in [-0.15, -0.1) is 5.10 Å². The molecule has 0 aliphatic carbocycles. The van der Waals surface area contributed by atoms with Crippen molar-refractivity contribution in [2.24, 2.45) is 0 Å². The summed E-state index contributed by atoms with van der Waals surface area (Å²) in [6, 6.07) is 7.49. The van der Waals surface area contributed by atoms with Gasteiger partial charge >= 0.3 is 0 Å². The minimum Gasteiger partial charge on any atom is -0.497 e. The van der Waals surface area contributed by atoms with Crippen molar-refractivity contribution in [3.8, 4) is 11.4 Å². The molecule has 1 saturated heterocycles. The first-order valence-corrected chi connectivity index (χ1v) is 9.72. The summed E-state index contributed by atoms with van der Waals surface area (Å²) in [5, 5.41) is 12.3. The number of carbonyl (C=O) groups is 1. The molecule has 1 fully saturated rings. The Hall–Kier alpha value is -2.13. The number of amides is 1. The van der Waals surface area contributed by atoms with Crippen molar-refractivity contribution >= 4 is 17.7 Å². The fraction of sp³-hybridized carbons (Fsp3) is 0.529. The van der Waals surface area contributed by atoms with Gasteiger partial charge in [0.25, 0.3) is 0 Å². The van der Waals surface area contributed by atoms with E-state index in [2.05, 4.69) is 22.4 Å². The van der Waals surface area contributed by atoms with Gasteiger partial charge in [0.05, 0.1) is 50.8 Å². The zero-order valence-corrected chi connectivity index (χ0v) is 16.2. The summed E-state index contributed by atoms with van der Waals surface area (Å²) in [6.45, 7) is 8.88. The Labute approximate surface area is 157 Å². The van der Waals surface area contributed by atoms with Gasteiger partial charge < -0.3 is 14.5 Å². The number of likely N-dealkylation sites (N-methyl/N-ethyl adjacent to an activating group) is 1. The van der Waals surface area contributed by atoms with Gasteiger partial charge in [-0.05, 0) is 48.5 Å². The summed E-state index contributed by atoms with van der Waals surface area (Å²) in [4.78, 5) is 16.3. The number of ether oxygens (including phenoxy) is 1. The summed E-state index contributed by atoms with van der Waals surface area (Å²) < 4.78 is 6.82. The Morgan fingerprint density at radius 1 is 1.31 bits per heavy atom. The molecular formula is C17H25N6O2S+. The van der Waals surface area contributed by atoms with Crippen molar-refractivity contribution in [3.63, 3.8) is 0 Å². The minimum atomic E-state index is -0.235. The second kappa shape index (κ2) is 8.50. The molecule has 9 heteroatoms. The molecule has 0 unspecified atom stereocenters. The lowest BCUT2D eigenvalue weighted by Gasteiger charge is -2.32. The predicted octanol–water partition coefficient (Wildman–Crippen LogP) is -0.101. The molecule has 1 aliphatic heterocycles. The number of methoxy groups -OCH3 is 1. The van der Waals surface area contributed by atoms with Crippen LogP contribution in [0, 0.1) is 0 Å². The Morgan fingerprint density at radius 3 is 2.62 bits per heavy atom. The van der Waals surface area contributed by atoms with E-state index in [0.29, 0.717) is 5.16 Å². The number of aromatic nitrogens is 4. The summed E-state index contributed by atoms with van der Waals surface area (Å²) >= 11 is 1.39. The molecule has 1 aliphatic rings. The molecule has 1 amide bonds. The Balaban J connectivity index is 1.65. The van der Waals surface area contributed by atoms with Gasteiger partial charge in [-0.1, -0.05) is 11.8 Å². The van der Waals surface area contributed by atoms with Crippen LogP contribution < -0.4 is 9.64 Å². The lowest BCUT2D eigenvalue weighted by molar-refractivity contribution is -0.902. The number of hydrogen-bond acceptors (Lipinski definition) is 6. The third kappa shape index (κ3) is 4.16. The summed E-state index contributed by atoms with van der Waals surface area (Å²) in [6.07, 6.45) is 0. The van der Waals surface area contributed by atoms with Crippen LogP contribution in [-0.4, -0.2) is 76.1 Å². The van der Waals surface area contributed by atoms with Crippen LogP contribution in [0.1, 0.15) is 13.8 Å². The molecule has 1 aromatic heterocycles. The molecule has 0 radical (unpaired) electrons. The predicted molar refractivity (Wildman–Crippen MR) is 98.8 cm³/mol. The molecule has 3 rings (SSSR count). The summed E-state index contributed by atoms with van der Waals surface area (Å²) in [5.41, 5.74) is 0.832. The molecule has 0 saturated carbocycles. The van der Waals surface area contributed by atoms with E-state index in [0.717, 1.165) is 44.2 Å². The lowest BCUT2D eigenvalue weighted by Crippen LogP contribution is -3.14. The molecular weight excluding hydrogens is 352 g/mol. The van der Waals surface area contributed by atoms with E-state index >= 15 is 0 Å². The second-order valence-corrected chi connectivity index (χ2v) is 7.57. The number of benzene rings is 1. The average molecular weight is 377 g/mol. The van der Waals surface area contributed by atoms with Crippen LogP contribution in [0.25, 0.3) is 5.69 Å². The third-order valence-electron chi connectivity index (χ3n) is 4.67. The van der Waals surface area contributed by atoms with Gasteiger partial charge in [-0.25, -0.2) is 0 Å². The van der Waals surface area contributed by atoms with Crippen LogP contribution in [0.2, 0.25) is 0 Å². The molecule has 0 spiro atoms. The van der Waals surface area contributed by atoms with E-state index in [4.69, 9.17) is 4.74 Å². The van der Waals surface area contributed by atoms with Crippen molar-refractivity contribution in [3.05, 3.63) is 24.3 Å². The largest absolute Gasteiger partial charge is 0.497 e. The van der Waals surface area contributed by atoms with E-state index in [-0.39, 0.29) is 11.2 Å². The van der Waals surface area contributed by atoms with E-state index in [9.17, 15) is 4.79 Å². The highest BCUT2D eigenvalue weighted by atomic mass is 32.2. The SMILES string of the molecule is CC[NH+]1CCN(C(=O)[C@H](C)Sc2nnnn2-c2ccc(OC)cc2)CC1. The van der Waals surface area contributed by atoms with Crippen LogP contribution in [-0.2, 0) is 4.79 Å². The molecule has 140 valence electrons. The Kier molecular flexibility index (Phi) is 6.10. The molecule has 1 N–H and O–H groups in total. The van der Waals surface area contributed by atoms with Crippen LogP contribution in [0.5, 0.6) is 5.75 Å². The molecule has 0 bridgehead atoms. The standard InChI is InChI=1S/C17H24N6O2S/c1-4-21-9-11-22(12-10-21)16(24)13(2)26-17-18-19-20-23(17)14-5-7-15(25-3)8-6-14/h5-8,13H,4,9-12H2,1-3H3/p+1/t13-/m0/s1. The first-order valence-electron chi connectivity index (χ1n) is 8.84. The maximum atomic E-state index is 12.8. The average Bonchev–Trinajstić information content (AvgIpc) is 3.15. The Bertz CT molecular complexity index is 727. The maximum Gasteiger partial charge on any atom is 0.236 e. The van der Waals surface area contributed by atoms with Crippen molar-refractivity contribution in [1.82, 2.24) is 25.1 Å². The molecule has 8 nitrogen and oxygen atoms in total. The van der Waals surface area contributed by atoms with Crippen molar-refractivity contribution in [2.45, 2.75) is 24.3 Å². The monoisotopic (exact) mass is 377 g/mol. The van der Waals surface area contributed by atoms with Gasteiger partial charge in [0, 0.05) is 0 Å². The topological polar surface area (TPSA) is 77.6 Å². The third-order valence-corrected chi connectivity index (χ3v) is 5.69. The van der Waals surface area contributed by atoms with Crippen molar-refractivity contribution in [2.75, 3.05) is 39.8 Å². The zero-order valence-electron chi connectivity index (χ0n) is 15.4. The number of quaternary nitrogens is 1. The minimum absolute atomic E-state index is 0.148.